The lowest BCUT2D eigenvalue weighted by molar-refractivity contribution is -0.151. The summed E-state index contributed by atoms with van der Waals surface area (Å²) in [5.74, 6) is 0.761. The number of likely N-dealkylation sites (N-methyl/N-ethyl adjacent to an activating group) is 1. The van der Waals surface area contributed by atoms with E-state index in [2.05, 4.69) is 12.2 Å². The van der Waals surface area contributed by atoms with E-state index < -0.39 is 11.3 Å². The van der Waals surface area contributed by atoms with Crippen molar-refractivity contribution < 1.29 is 19.1 Å². The van der Waals surface area contributed by atoms with Gasteiger partial charge in [-0.05, 0) is 97.1 Å². The first kappa shape index (κ1) is 56.2. The van der Waals surface area contributed by atoms with Crippen LogP contribution in [0, 0.1) is 40.9 Å². The average molecular weight is 608 g/mol. The maximum Gasteiger partial charge on any atom is 0.309 e. The molecule has 0 aromatic rings. The van der Waals surface area contributed by atoms with Crippen LogP contribution in [0.2, 0.25) is 0 Å². The van der Waals surface area contributed by atoms with Gasteiger partial charge in [-0.15, -0.1) is 0 Å². The number of nitrogens with two attached hydrogens (primary N) is 1. The van der Waals surface area contributed by atoms with Crippen LogP contribution in [0.25, 0.3) is 0 Å². The number of hydrogen-bond donors (Lipinski definition) is 2. The number of ether oxygens (including phenoxy) is 1. The van der Waals surface area contributed by atoms with E-state index in [1.807, 2.05) is 53.6 Å². The van der Waals surface area contributed by atoms with Crippen LogP contribution in [0.3, 0.4) is 0 Å². The van der Waals surface area contributed by atoms with Crippen molar-refractivity contribution in [3.05, 3.63) is 0 Å². The van der Waals surface area contributed by atoms with Crippen molar-refractivity contribution in [2.45, 2.75) is 145 Å². The summed E-state index contributed by atoms with van der Waals surface area (Å²) in [7, 11) is 3.84. The molecule has 3 N–H and O–H groups in total. The fourth-order valence-electron chi connectivity index (χ4n) is 6.03. The second kappa shape index (κ2) is 22.8. The minimum atomic E-state index is -0.791. The van der Waals surface area contributed by atoms with Crippen LogP contribution < -0.4 is 11.1 Å². The summed E-state index contributed by atoms with van der Waals surface area (Å²) < 4.78 is 5.60. The molecule has 7 heteroatoms. The molecule has 0 saturated heterocycles. The number of rotatable bonds is 12. The normalized spacial score (nSPS) is 21.4. The molecule has 6 unspecified atom stereocenters. The van der Waals surface area contributed by atoms with E-state index in [0.717, 1.165) is 12.3 Å². The molecule has 0 aromatic carbocycles. The first-order valence-corrected chi connectivity index (χ1v) is 13.0. The Morgan fingerprint density at radius 1 is 0.881 bits per heavy atom. The van der Waals surface area contributed by atoms with Crippen molar-refractivity contribution >= 4 is 17.8 Å². The first-order chi connectivity index (χ1) is 15.6. The highest BCUT2D eigenvalue weighted by Crippen LogP contribution is 2.54. The molecular weight excluding hydrogens is 526 g/mol. The van der Waals surface area contributed by atoms with Gasteiger partial charge in [-0.1, -0.05) is 80.2 Å². The minimum absolute atomic E-state index is 0. The van der Waals surface area contributed by atoms with Gasteiger partial charge in [0.25, 0.3) is 0 Å². The number of hydrogen-bond acceptors (Lipinski definition) is 5. The molecule has 42 heavy (non-hydrogen) atoms. The number of fused-ring (bicyclic) bond motifs is 2. The fraction of sp³-hybridized carbons (Fsp3) is 0.914. The van der Waals surface area contributed by atoms with Crippen LogP contribution in [-0.2, 0) is 19.1 Å². The van der Waals surface area contributed by atoms with Gasteiger partial charge in [-0.3, -0.25) is 14.4 Å². The van der Waals surface area contributed by atoms with E-state index in [-0.39, 0.29) is 95.3 Å². The topological polar surface area (TPSA) is 102 Å². The zero-order valence-electron chi connectivity index (χ0n) is 22.8. The van der Waals surface area contributed by atoms with Crippen LogP contribution in [-0.4, -0.2) is 55.5 Å². The Balaban J connectivity index is -0.000000306. The number of carbonyl (C=O) groups excluding carboxylic acids is 3. The molecule has 6 atom stereocenters. The molecule has 7 nitrogen and oxygen atoms in total. The van der Waals surface area contributed by atoms with Gasteiger partial charge in [0.1, 0.15) is 6.61 Å². The predicted octanol–water partition coefficient (Wildman–Crippen LogP) is 8.69. The van der Waals surface area contributed by atoms with Crippen molar-refractivity contribution in [2.24, 2.45) is 46.7 Å². The van der Waals surface area contributed by atoms with E-state index in [4.69, 9.17) is 10.5 Å². The molecule has 2 fully saturated rings. The lowest BCUT2D eigenvalue weighted by Gasteiger charge is -2.34. The lowest BCUT2D eigenvalue weighted by Crippen LogP contribution is -2.48. The maximum absolute atomic E-state index is 13.2. The number of carbonyl (C=O) groups is 3. The van der Waals surface area contributed by atoms with E-state index in [1.54, 1.807) is 0 Å². The van der Waals surface area contributed by atoms with Crippen LogP contribution >= 0.6 is 0 Å². The SMILES string of the molecule is C.C.C.C.C.C.C.C.CC1C2CCC(C2)C1CC(CC(CC(C)(C)C(=O)NC(C)(C)C)C(=O)OCCN(C)C)C(N)=O. The monoisotopic (exact) mass is 608 g/mol. The molecule has 0 radical (unpaired) electrons. The van der Waals surface area contributed by atoms with Crippen molar-refractivity contribution in [2.75, 3.05) is 27.2 Å². The zero-order valence-corrected chi connectivity index (χ0v) is 22.8. The van der Waals surface area contributed by atoms with Crippen molar-refractivity contribution in [3.8, 4) is 0 Å². The highest BCUT2D eigenvalue weighted by atomic mass is 16.5. The van der Waals surface area contributed by atoms with E-state index in [9.17, 15) is 14.4 Å². The molecular formula is C35H81N3O4. The third kappa shape index (κ3) is 16.3. The van der Waals surface area contributed by atoms with Crippen molar-refractivity contribution in [1.82, 2.24) is 10.2 Å². The highest BCUT2D eigenvalue weighted by molar-refractivity contribution is 5.84. The number of esters is 1. The van der Waals surface area contributed by atoms with E-state index in [0.29, 0.717) is 37.1 Å². The molecule has 2 saturated carbocycles. The second-order valence-corrected chi connectivity index (χ2v) is 12.9. The summed E-state index contributed by atoms with van der Waals surface area (Å²) in [5, 5.41) is 3.03. The Hall–Kier alpha value is -1.63. The van der Waals surface area contributed by atoms with Gasteiger partial charge >= 0.3 is 5.97 Å². The Kier molecular flexibility index (Phi) is 30.6. The summed E-state index contributed by atoms with van der Waals surface area (Å²) in [6, 6.07) is 0. The number of nitrogens with zero attached hydrogens (tertiary/aromatic N) is 1. The molecule has 2 rings (SSSR count). The van der Waals surface area contributed by atoms with Crippen LogP contribution in [0.4, 0.5) is 0 Å². The van der Waals surface area contributed by atoms with E-state index in [1.165, 1.54) is 19.3 Å². The smallest absolute Gasteiger partial charge is 0.309 e. The Morgan fingerprint density at radius 2 is 1.38 bits per heavy atom. The van der Waals surface area contributed by atoms with Gasteiger partial charge in [0.05, 0.1) is 5.92 Å². The minimum Gasteiger partial charge on any atom is -0.464 e. The van der Waals surface area contributed by atoms with Gasteiger partial charge in [0.15, 0.2) is 0 Å². The number of primary amides is 1. The standard InChI is InChI=1S/C27H49N3O4.8CH4/c1-17-18-9-10-19(13-18)22(17)15-20(23(28)31)14-21(24(32)34-12-11-30(7)8)16-27(5,6)25(33)29-26(2,3)4;;;;;;;;/h17-22H,9-16H2,1-8H3,(H2,28,31)(H,29,33);8*1H4. The quantitative estimate of drug-likeness (QED) is 0.216. The summed E-state index contributed by atoms with van der Waals surface area (Å²) in [5.41, 5.74) is 4.71. The fourth-order valence-corrected chi connectivity index (χ4v) is 6.03. The molecule has 0 heterocycles. The van der Waals surface area contributed by atoms with Gasteiger partial charge < -0.3 is 20.7 Å². The Bertz CT molecular complexity index is 728. The summed E-state index contributed by atoms with van der Waals surface area (Å²) in [4.78, 5) is 40.7. The molecule has 0 spiro atoms. The van der Waals surface area contributed by atoms with Crippen molar-refractivity contribution in [3.63, 3.8) is 0 Å². The molecule has 0 aliphatic heterocycles. The van der Waals surface area contributed by atoms with Crippen LogP contribution in [0.15, 0.2) is 0 Å². The zero-order chi connectivity index (χ0) is 25.8. The molecule has 2 aliphatic rings. The Morgan fingerprint density at radius 3 is 1.79 bits per heavy atom. The third-order valence-corrected chi connectivity index (χ3v) is 8.04. The predicted molar refractivity (Wildman–Crippen MR) is 189 cm³/mol. The van der Waals surface area contributed by atoms with Gasteiger partial charge in [-0.2, -0.15) is 0 Å². The van der Waals surface area contributed by atoms with Crippen molar-refractivity contribution in [1.29, 1.82) is 0 Å². The molecule has 260 valence electrons. The molecule has 2 aliphatic carbocycles. The number of amides is 2. The lowest BCUT2D eigenvalue weighted by atomic mass is 9.72. The molecule has 2 bridgehead atoms. The highest BCUT2D eigenvalue weighted by Gasteiger charge is 2.47. The first-order valence-electron chi connectivity index (χ1n) is 13.0. The molecule has 0 aromatic heterocycles. The maximum atomic E-state index is 13.2. The second-order valence-electron chi connectivity index (χ2n) is 12.9. The molecule has 2 amide bonds. The van der Waals surface area contributed by atoms with Crippen LogP contribution in [0.1, 0.15) is 139 Å². The number of nitrogens with one attached hydrogen (secondary N) is 1. The van der Waals surface area contributed by atoms with Gasteiger partial charge in [0.2, 0.25) is 11.8 Å². The summed E-state index contributed by atoms with van der Waals surface area (Å²) in [6.45, 7) is 12.7. The summed E-state index contributed by atoms with van der Waals surface area (Å²) in [6.07, 6.45) is 5.17. The van der Waals surface area contributed by atoms with Crippen LogP contribution in [0.5, 0.6) is 0 Å². The third-order valence-electron chi connectivity index (χ3n) is 8.04. The van der Waals surface area contributed by atoms with E-state index >= 15 is 0 Å². The average Bonchev–Trinajstić information content (AvgIpc) is 3.27. The largest absolute Gasteiger partial charge is 0.464 e. The Labute approximate surface area is 265 Å². The van der Waals surface area contributed by atoms with Gasteiger partial charge in [-0.25, -0.2) is 0 Å². The van der Waals surface area contributed by atoms with Gasteiger partial charge in [0, 0.05) is 23.4 Å². The summed E-state index contributed by atoms with van der Waals surface area (Å²) >= 11 is 0.